The summed E-state index contributed by atoms with van der Waals surface area (Å²) in [6, 6.07) is 0. The van der Waals surface area contributed by atoms with Gasteiger partial charge in [0.2, 0.25) is 0 Å². The van der Waals surface area contributed by atoms with E-state index in [-0.39, 0.29) is 17.6 Å². The zero-order valence-electron chi connectivity index (χ0n) is 8.93. The van der Waals surface area contributed by atoms with Crippen molar-refractivity contribution in [3.63, 3.8) is 0 Å². The Morgan fingerprint density at radius 2 is 2.08 bits per heavy atom. The van der Waals surface area contributed by atoms with E-state index in [1.807, 2.05) is 27.7 Å². The molecule has 0 bridgehead atoms. The molecule has 78 valence electrons. The third-order valence-corrected chi connectivity index (χ3v) is 2.44. The lowest BCUT2D eigenvalue weighted by atomic mass is 9.81. The molecule has 2 nitrogen and oxygen atoms in total. The van der Waals surface area contributed by atoms with E-state index in [4.69, 9.17) is 4.74 Å². The van der Waals surface area contributed by atoms with Gasteiger partial charge in [-0.15, -0.1) is 0 Å². The molecule has 0 amide bonds. The van der Waals surface area contributed by atoms with Crippen LogP contribution >= 0.6 is 0 Å². The summed E-state index contributed by atoms with van der Waals surface area (Å²) in [5.74, 6) is 0. The minimum atomic E-state index is -0.883. The zero-order chi connectivity index (χ0) is 10.1. The van der Waals surface area contributed by atoms with Gasteiger partial charge in [-0.3, -0.25) is 0 Å². The number of piperidine rings is 1. The van der Waals surface area contributed by atoms with E-state index in [0.29, 0.717) is 6.54 Å². The summed E-state index contributed by atoms with van der Waals surface area (Å²) in [7, 11) is 0. The first-order chi connectivity index (χ1) is 5.93. The van der Waals surface area contributed by atoms with Crippen LogP contribution in [0, 0.1) is 5.41 Å². The fourth-order valence-electron chi connectivity index (χ4n) is 1.79. The molecule has 0 aromatic carbocycles. The van der Waals surface area contributed by atoms with Crippen LogP contribution in [-0.2, 0) is 4.74 Å². The zero-order valence-corrected chi connectivity index (χ0v) is 8.93. The van der Waals surface area contributed by atoms with Gasteiger partial charge in [0.25, 0.3) is 0 Å². The summed E-state index contributed by atoms with van der Waals surface area (Å²) in [6.45, 7) is 9.22. The molecule has 0 aromatic rings. The number of halogens is 1. The van der Waals surface area contributed by atoms with Gasteiger partial charge in [0.05, 0.1) is 12.2 Å². The van der Waals surface area contributed by atoms with Gasteiger partial charge in [-0.1, -0.05) is 13.8 Å². The Morgan fingerprint density at radius 1 is 1.46 bits per heavy atom. The average molecular weight is 189 g/mol. The van der Waals surface area contributed by atoms with Crippen molar-refractivity contribution in [1.29, 1.82) is 0 Å². The molecule has 1 heterocycles. The summed E-state index contributed by atoms with van der Waals surface area (Å²) in [5.41, 5.74) is -0.109. The third-order valence-electron chi connectivity index (χ3n) is 2.44. The predicted molar refractivity (Wildman–Crippen MR) is 51.6 cm³/mol. The van der Waals surface area contributed by atoms with Gasteiger partial charge in [-0.25, -0.2) is 4.39 Å². The molecule has 2 atom stereocenters. The maximum absolute atomic E-state index is 13.5. The maximum Gasteiger partial charge on any atom is 0.139 e. The Bertz CT molecular complexity index is 170. The van der Waals surface area contributed by atoms with Gasteiger partial charge in [0.1, 0.15) is 6.17 Å². The molecule has 0 aromatic heterocycles. The van der Waals surface area contributed by atoms with Crippen molar-refractivity contribution in [2.75, 3.05) is 13.1 Å². The van der Waals surface area contributed by atoms with E-state index in [1.54, 1.807) is 0 Å². The molecule has 1 aliphatic heterocycles. The van der Waals surface area contributed by atoms with Gasteiger partial charge in [0, 0.05) is 18.5 Å². The van der Waals surface area contributed by atoms with Crippen LogP contribution in [0.15, 0.2) is 0 Å². The number of hydrogen-bond donors (Lipinski definition) is 1. The van der Waals surface area contributed by atoms with E-state index in [0.717, 1.165) is 6.54 Å². The average Bonchev–Trinajstić information content (AvgIpc) is 1.96. The molecular weight excluding hydrogens is 169 g/mol. The van der Waals surface area contributed by atoms with Gasteiger partial charge < -0.3 is 10.1 Å². The minimum absolute atomic E-state index is 0.0978. The molecule has 0 spiro atoms. The summed E-state index contributed by atoms with van der Waals surface area (Å²) in [4.78, 5) is 0. The highest BCUT2D eigenvalue weighted by molar-refractivity contribution is 4.92. The Kier molecular flexibility index (Phi) is 3.30. The van der Waals surface area contributed by atoms with E-state index in [9.17, 15) is 4.39 Å². The van der Waals surface area contributed by atoms with Crippen molar-refractivity contribution in [1.82, 2.24) is 5.32 Å². The molecule has 1 rings (SSSR count). The van der Waals surface area contributed by atoms with E-state index in [2.05, 4.69) is 5.32 Å². The first-order valence-electron chi connectivity index (χ1n) is 4.94. The highest BCUT2D eigenvalue weighted by Gasteiger charge is 2.40. The van der Waals surface area contributed by atoms with Gasteiger partial charge in [0.15, 0.2) is 0 Å². The van der Waals surface area contributed by atoms with Crippen molar-refractivity contribution < 1.29 is 9.13 Å². The Labute approximate surface area is 79.8 Å². The maximum atomic E-state index is 13.5. The fraction of sp³-hybridized carbons (Fsp3) is 1.00. The standard InChI is InChI=1S/C10H20FNO/c1-7(2)13-9-8(11)5-12-6-10(9,3)4/h7-9,12H,5-6H2,1-4H3/t8-,9-/m1/s1. The van der Waals surface area contributed by atoms with Crippen molar-refractivity contribution in [3.8, 4) is 0 Å². The number of rotatable bonds is 2. The summed E-state index contributed by atoms with van der Waals surface area (Å²) < 4.78 is 19.1. The largest absolute Gasteiger partial charge is 0.372 e. The van der Waals surface area contributed by atoms with Crippen LogP contribution in [0.4, 0.5) is 4.39 Å². The lowest BCUT2D eigenvalue weighted by Gasteiger charge is -2.41. The minimum Gasteiger partial charge on any atom is -0.372 e. The second kappa shape index (κ2) is 3.93. The van der Waals surface area contributed by atoms with Crippen molar-refractivity contribution >= 4 is 0 Å². The smallest absolute Gasteiger partial charge is 0.139 e. The summed E-state index contributed by atoms with van der Waals surface area (Å²) >= 11 is 0. The topological polar surface area (TPSA) is 21.3 Å². The monoisotopic (exact) mass is 189 g/mol. The summed E-state index contributed by atoms with van der Waals surface area (Å²) in [6.07, 6.45) is -1.06. The van der Waals surface area contributed by atoms with Crippen molar-refractivity contribution in [3.05, 3.63) is 0 Å². The normalized spacial score (nSPS) is 33.7. The predicted octanol–water partition coefficient (Wildman–Crippen LogP) is 1.75. The number of hydrogen-bond acceptors (Lipinski definition) is 2. The van der Waals surface area contributed by atoms with Crippen LogP contribution in [0.25, 0.3) is 0 Å². The van der Waals surface area contributed by atoms with Crippen molar-refractivity contribution in [2.45, 2.75) is 46.1 Å². The highest BCUT2D eigenvalue weighted by Crippen LogP contribution is 2.30. The van der Waals surface area contributed by atoms with E-state index >= 15 is 0 Å². The van der Waals surface area contributed by atoms with Crippen LogP contribution in [-0.4, -0.2) is 31.5 Å². The lowest BCUT2D eigenvalue weighted by Crippen LogP contribution is -2.55. The van der Waals surface area contributed by atoms with Gasteiger partial charge in [-0.2, -0.15) is 0 Å². The molecule has 3 heteroatoms. The van der Waals surface area contributed by atoms with Gasteiger partial charge >= 0.3 is 0 Å². The molecule has 1 saturated heterocycles. The number of alkyl halides is 1. The second-order valence-electron chi connectivity index (χ2n) is 4.74. The summed E-state index contributed by atoms with van der Waals surface area (Å²) in [5, 5.41) is 3.07. The highest BCUT2D eigenvalue weighted by atomic mass is 19.1. The molecular formula is C10H20FNO. The SMILES string of the molecule is CC(C)O[C@@H]1[C@H](F)CNCC1(C)C. The molecule has 0 saturated carbocycles. The molecule has 0 unspecified atom stereocenters. The van der Waals surface area contributed by atoms with E-state index < -0.39 is 6.17 Å². The first-order valence-corrected chi connectivity index (χ1v) is 4.94. The fourth-order valence-corrected chi connectivity index (χ4v) is 1.79. The molecule has 1 fully saturated rings. The van der Waals surface area contributed by atoms with E-state index in [1.165, 1.54) is 0 Å². The Balaban J connectivity index is 2.63. The number of nitrogens with one attached hydrogen (secondary N) is 1. The lowest BCUT2D eigenvalue weighted by molar-refractivity contribution is -0.110. The quantitative estimate of drug-likeness (QED) is 0.714. The van der Waals surface area contributed by atoms with Crippen LogP contribution in [0.2, 0.25) is 0 Å². The molecule has 0 radical (unpaired) electrons. The van der Waals surface area contributed by atoms with Gasteiger partial charge in [-0.05, 0) is 13.8 Å². The first kappa shape index (κ1) is 10.9. The Morgan fingerprint density at radius 3 is 2.54 bits per heavy atom. The second-order valence-corrected chi connectivity index (χ2v) is 4.74. The molecule has 0 aliphatic carbocycles. The van der Waals surface area contributed by atoms with Crippen LogP contribution in [0.5, 0.6) is 0 Å². The number of ether oxygens (including phenoxy) is 1. The third kappa shape index (κ3) is 2.64. The van der Waals surface area contributed by atoms with Crippen LogP contribution in [0.1, 0.15) is 27.7 Å². The molecule has 1 N–H and O–H groups in total. The van der Waals surface area contributed by atoms with Crippen LogP contribution in [0.3, 0.4) is 0 Å². The van der Waals surface area contributed by atoms with Crippen LogP contribution < -0.4 is 5.32 Å². The molecule has 13 heavy (non-hydrogen) atoms. The van der Waals surface area contributed by atoms with Crippen molar-refractivity contribution in [2.24, 2.45) is 5.41 Å². The molecule has 1 aliphatic rings. The Hall–Kier alpha value is -0.150.